The third-order valence-corrected chi connectivity index (χ3v) is 14.5. The molecule has 0 fully saturated rings. The fourth-order valence-electron chi connectivity index (χ4n) is 6.44. The molecule has 0 atom stereocenters. The number of nitrogens with one attached hydrogen (secondary N) is 4. The minimum Gasteiger partial charge on any atom is -0.300 e. The Morgan fingerprint density at radius 3 is 1.97 bits per heavy atom. The maximum absolute atomic E-state index is 5.49. The van der Waals surface area contributed by atoms with Crippen LogP contribution in [0.1, 0.15) is 22.1 Å². The van der Waals surface area contributed by atoms with E-state index in [-0.39, 0.29) is 0 Å². The number of H-pyrrole nitrogens is 3. The van der Waals surface area contributed by atoms with E-state index in [4.69, 9.17) is 29.4 Å². The normalized spacial score (nSPS) is 12.0. The molecular weight excluding hydrogens is 919 g/mol. The number of anilines is 1. The van der Waals surface area contributed by atoms with Crippen LogP contribution in [0.15, 0.2) is 139 Å². The maximum Gasteiger partial charge on any atom is 0.200 e. The highest BCUT2D eigenvalue weighted by Gasteiger charge is 2.28. The summed E-state index contributed by atoms with van der Waals surface area (Å²) in [4.78, 5) is 23.0. The van der Waals surface area contributed by atoms with Crippen molar-refractivity contribution in [2.24, 2.45) is 5.10 Å². The van der Waals surface area contributed by atoms with Gasteiger partial charge in [-0.05, 0) is 99.8 Å². The molecule has 2 aromatic carbocycles. The Bertz CT molecular complexity index is 3300. The molecule has 0 amide bonds. The molecule has 8 aromatic heterocycles. The number of aromatic nitrogens is 12. The van der Waals surface area contributed by atoms with Crippen LogP contribution < -0.4 is 10.3 Å². The summed E-state index contributed by atoms with van der Waals surface area (Å²) in [6.07, 6.45) is 9.27. The van der Waals surface area contributed by atoms with Gasteiger partial charge in [-0.25, -0.2) is 15.0 Å². The molecule has 0 aliphatic carbocycles. The van der Waals surface area contributed by atoms with E-state index in [0.717, 1.165) is 80.3 Å². The first kappa shape index (κ1) is 42.4. The first-order chi connectivity index (χ1) is 31.2. The molecule has 10 aromatic rings. The fourth-order valence-corrected chi connectivity index (χ4v) is 10.8. The standard InChI is InChI=1S/C21H17N7S2.C12H10N4S.C10H8N4S3/c1-13-17(18-24-26-21(29)28(18)16-11-7-4-8-12-16)30-20(22-13)19-25-23-14(2)27(19)15-9-5-3-6-10-15;1-8-11(10-4-7-14-16-10)17-12(15-8)9-2-5-13-6-3-9;1-6-7(8-12-13-10(15)17-8)16-9(11-6)14-4-2-3-5-14/h3-12,23H,2H2,1H3,(H,26,29);2-7H,1H3,(H,14,16);2-5H,1H3,(H,13,15). The summed E-state index contributed by atoms with van der Waals surface area (Å²) in [6, 6.07) is 29.7. The molecule has 1 aliphatic rings. The summed E-state index contributed by atoms with van der Waals surface area (Å²) >= 11 is 16.8. The van der Waals surface area contributed by atoms with Crippen LogP contribution in [0.5, 0.6) is 0 Å². The summed E-state index contributed by atoms with van der Waals surface area (Å²) in [5, 5.41) is 29.4. The molecule has 9 heterocycles. The molecule has 0 radical (unpaired) electrons. The van der Waals surface area contributed by atoms with Crippen molar-refractivity contribution in [2.75, 3.05) is 4.90 Å². The van der Waals surface area contributed by atoms with Crippen molar-refractivity contribution in [1.82, 2.24) is 65.1 Å². The van der Waals surface area contributed by atoms with Crippen LogP contribution in [-0.4, -0.2) is 65.5 Å². The average Bonchev–Trinajstić information content (AvgIpc) is 4.17. The van der Waals surface area contributed by atoms with Gasteiger partial charge in [0.05, 0.1) is 37.4 Å². The van der Waals surface area contributed by atoms with Gasteiger partial charge in [0.1, 0.15) is 10.8 Å². The predicted octanol–water partition coefficient (Wildman–Crippen LogP) is 10.9. The van der Waals surface area contributed by atoms with Gasteiger partial charge in [0, 0.05) is 47.9 Å². The van der Waals surface area contributed by atoms with Crippen LogP contribution in [0.4, 0.5) is 5.69 Å². The number of benzene rings is 2. The summed E-state index contributed by atoms with van der Waals surface area (Å²) in [5.41, 5.74) is 9.85. The molecule has 318 valence electrons. The second-order valence-corrected chi connectivity index (χ2v) is 18.7. The number of para-hydroxylation sites is 2. The van der Waals surface area contributed by atoms with Crippen molar-refractivity contribution in [1.29, 1.82) is 0 Å². The number of hydrogen-bond acceptors (Lipinski definition) is 16. The molecule has 0 bridgehead atoms. The molecule has 1 aliphatic heterocycles. The maximum atomic E-state index is 5.49. The number of hydrogen-bond donors (Lipinski definition) is 4. The van der Waals surface area contributed by atoms with Crippen LogP contribution in [0.25, 0.3) is 52.5 Å². The molecule has 0 saturated heterocycles. The first-order valence-electron chi connectivity index (χ1n) is 19.3. The number of aromatic amines is 3. The van der Waals surface area contributed by atoms with Gasteiger partial charge in [-0.3, -0.25) is 35.2 Å². The number of hydrazone groups is 1. The molecule has 0 spiro atoms. The number of rotatable bonds is 8. The lowest BCUT2D eigenvalue weighted by molar-refractivity contribution is 0.926. The van der Waals surface area contributed by atoms with E-state index in [1.807, 2.05) is 138 Å². The number of amidine groups is 1. The van der Waals surface area contributed by atoms with Gasteiger partial charge in [0.2, 0.25) is 0 Å². The van der Waals surface area contributed by atoms with Gasteiger partial charge >= 0.3 is 0 Å². The molecule has 11 rings (SSSR count). The third-order valence-electron chi connectivity index (χ3n) is 9.38. The van der Waals surface area contributed by atoms with Crippen molar-refractivity contribution in [3.8, 4) is 52.5 Å². The highest BCUT2D eigenvalue weighted by molar-refractivity contribution is 7.73. The fraction of sp³-hybridized carbons (Fsp3) is 0.0698. The zero-order valence-corrected chi connectivity index (χ0v) is 39.0. The second kappa shape index (κ2) is 18.8. The van der Waals surface area contributed by atoms with Gasteiger partial charge in [0.25, 0.3) is 0 Å². The smallest absolute Gasteiger partial charge is 0.200 e. The molecule has 0 unspecified atom stereocenters. The van der Waals surface area contributed by atoms with Crippen LogP contribution in [0.2, 0.25) is 0 Å². The molecule has 21 heteroatoms. The SMILES string of the molecule is C=C1NN=C(c2nc(C)c(-c3n[nH]c(=S)n3-c3ccccc3)s2)N1c1ccccc1.Cc1nc(-c2ccncc2)sc1-c1ccn[nH]1.Cc1nc(-n2cccc2)sc1-c1n[nH]c(=S)s1. The van der Waals surface area contributed by atoms with E-state index in [9.17, 15) is 0 Å². The Balaban J connectivity index is 0.000000130. The van der Waals surface area contributed by atoms with Crippen molar-refractivity contribution < 1.29 is 0 Å². The Labute approximate surface area is 392 Å². The lowest BCUT2D eigenvalue weighted by atomic mass is 10.3. The van der Waals surface area contributed by atoms with Crippen molar-refractivity contribution in [3.63, 3.8) is 0 Å². The van der Waals surface area contributed by atoms with Crippen LogP contribution in [0, 0.1) is 29.5 Å². The van der Waals surface area contributed by atoms with Gasteiger partial charge in [-0.1, -0.05) is 65.7 Å². The van der Waals surface area contributed by atoms with Crippen LogP contribution >= 0.6 is 69.8 Å². The number of nitrogens with zero attached hydrogens (tertiary/aromatic N) is 11. The lowest BCUT2D eigenvalue weighted by Gasteiger charge is -2.18. The summed E-state index contributed by atoms with van der Waals surface area (Å²) < 4.78 is 5.13. The topological polar surface area (TPSA) is 175 Å². The van der Waals surface area contributed by atoms with Crippen molar-refractivity contribution >= 4 is 81.3 Å². The Morgan fingerprint density at radius 1 is 0.609 bits per heavy atom. The average molecular weight is 954 g/mol. The molecule has 64 heavy (non-hydrogen) atoms. The zero-order chi connectivity index (χ0) is 44.2. The summed E-state index contributed by atoms with van der Waals surface area (Å²) in [6.45, 7) is 10.0. The van der Waals surface area contributed by atoms with E-state index < -0.39 is 0 Å². The van der Waals surface area contributed by atoms with E-state index in [1.54, 1.807) is 41.3 Å². The predicted molar refractivity (Wildman–Crippen MR) is 262 cm³/mol. The quantitative estimate of drug-likeness (QED) is 0.107. The highest BCUT2D eigenvalue weighted by atomic mass is 32.2. The zero-order valence-electron chi connectivity index (χ0n) is 34.1. The van der Waals surface area contributed by atoms with E-state index >= 15 is 0 Å². The van der Waals surface area contributed by atoms with Gasteiger partial charge in [-0.2, -0.15) is 20.4 Å². The largest absolute Gasteiger partial charge is 0.300 e. The van der Waals surface area contributed by atoms with Crippen LogP contribution in [0.3, 0.4) is 0 Å². The first-order valence-corrected chi connectivity index (χ1v) is 23.4. The number of pyridine rings is 1. The lowest BCUT2D eigenvalue weighted by Crippen LogP contribution is -2.27. The Kier molecular flexibility index (Phi) is 12.5. The van der Waals surface area contributed by atoms with Crippen LogP contribution in [-0.2, 0) is 0 Å². The van der Waals surface area contributed by atoms with Gasteiger partial charge in [0.15, 0.2) is 35.5 Å². The summed E-state index contributed by atoms with van der Waals surface area (Å²) in [7, 11) is 0. The minimum atomic E-state index is 0.532. The highest BCUT2D eigenvalue weighted by Crippen LogP contribution is 2.36. The van der Waals surface area contributed by atoms with Gasteiger partial charge in [-0.15, -0.1) is 22.7 Å². The Hall–Kier alpha value is -6.88. The van der Waals surface area contributed by atoms with E-state index in [0.29, 0.717) is 20.4 Å². The summed E-state index contributed by atoms with van der Waals surface area (Å²) in [5.74, 6) is 2.10. The third kappa shape index (κ3) is 8.98. The van der Waals surface area contributed by atoms with Crippen molar-refractivity contribution in [2.45, 2.75) is 20.8 Å². The Morgan fingerprint density at radius 2 is 1.28 bits per heavy atom. The number of thiazole rings is 3. The second-order valence-electron chi connectivity index (χ2n) is 13.7. The monoisotopic (exact) mass is 953 g/mol. The molecule has 0 saturated carbocycles. The van der Waals surface area contributed by atoms with Crippen molar-refractivity contribution in [3.05, 3.63) is 165 Å². The molecule has 4 N–H and O–H groups in total. The molecular formula is C43H35N15S6. The minimum absolute atomic E-state index is 0.532. The molecule has 15 nitrogen and oxygen atoms in total. The van der Waals surface area contributed by atoms with Gasteiger partial charge < -0.3 is 4.57 Å². The van der Waals surface area contributed by atoms with E-state index in [2.05, 4.69) is 62.7 Å². The van der Waals surface area contributed by atoms with E-state index in [1.165, 1.54) is 22.7 Å². The number of aryl methyl sites for hydroxylation is 3.